The molecule has 0 bridgehead atoms. The fourth-order valence-corrected chi connectivity index (χ4v) is 8.31. The Morgan fingerprint density at radius 1 is 0.960 bits per heavy atom. The minimum Gasteiger partial charge on any atom is -0.455 e. The van der Waals surface area contributed by atoms with E-state index in [0.717, 1.165) is 70.1 Å². The zero-order chi connectivity index (χ0) is 35.4. The molecule has 6 rings (SSSR count). The Labute approximate surface area is 304 Å². The lowest BCUT2D eigenvalue weighted by molar-refractivity contribution is -0.148. The third kappa shape index (κ3) is 7.35. The van der Waals surface area contributed by atoms with E-state index in [9.17, 15) is 14.4 Å². The summed E-state index contributed by atoms with van der Waals surface area (Å²) in [6.45, 7) is 2.86. The Hall–Kier alpha value is -3.69. The number of nitrogens with one attached hydrogen (secondary N) is 1. The molecule has 0 spiro atoms. The molecule has 4 aromatic rings. The molecule has 2 atom stereocenters. The number of amides is 2. The van der Waals surface area contributed by atoms with Crippen molar-refractivity contribution < 1.29 is 14.0 Å². The van der Waals surface area contributed by atoms with Gasteiger partial charge < -0.3 is 19.5 Å². The number of nitrogens with zero attached hydrogens (tertiary/aromatic N) is 3. The van der Waals surface area contributed by atoms with Gasteiger partial charge in [-0.2, -0.15) is 0 Å². The third-order valence-corrected chi connectivity index (χ3v) is 11.3. The number of benzene rings is 3. The second-order valence-electron chi connectivity index (χ2n) is 14.0. The number of likely N-dealkylation sites (tertiary alicyclic amines) is 1. The maximum Gasteiger partial charge on any atom is 0.261 e. The van der Waals surface area contributed by atoms with Crippen molar-refractivity contribution in [1.29, 1.82) is 0 Å². The summed E-state index contributed by atoms with van der Waals surface area (Å²) < 4.78 is 6.27. The van der Waals surface area contributed by atoms with E-state index in [1.54, 1.807) is 41.1 Å². The van der Waals surface area contributed by atoms with Gasteiger partial charge >= 0.3 is 0 Å². The smallest absolute Gasteiger partial charge is 0.261 e. The van der Waals surface area contributed by atoms with Crippen LogP contribution < -0.4 is 10.7 Å². The minimum atomic E-state index is -0.524. The van der Waals surface area contributed by atoms with Crippen LogP contribution in [0.3, 0.4) is 0 Å². The van der Waals surface area contributed by atoms with Crippen LogP contribution in [0.5, 0.6) is 0 Å². The molecule has 0 aliphatic carbocycles. The van der Waals surface area contributed by atoms with E-state index < -0.39 is 11.4 Å². The molecule has 2 saturated heterocycles. The van der Waals surface area contributed by atoms with E-state index >= 15 is 0 Å². The van der Waals surface area contributed by atoms with E-state index in [-0.39, 0.29) is 34.6 Å². The summed E-state index contributed by atoms with van der Waals surface area (Å²) in [4.78, 5) is 48.1. The second-order valence-corrected chi connectivity index (χ2v) is 14.8. The molecule has 2 unspecified atom stereocenters. The lowest BCUT2D eigenvalue weighted by Gasteiger charge is -2.51. The Kier molecular flexibility index (Phi) is 11.3. The van der Waals surface area contributed by atoms with Crippen LogP contribution in [0.1, 0.15) is 66.8 Å². The Balaban J connectivity index is 1.32. The van der Waals surface area contributed by atoms with Crippen molar-refractivity contribution in [2.45, 2.75) is 62.4 Å². The molecule has 1 aromatic heterocycles. The number of halogens is 2. The van der Waals surface area contributed by atoms with Crippen LogP contribution in [0.25, 0.3) is 22.3 Å². The van der Waals surface area contributed by atoms with Crippen LogP contribution in [-0.2, 0) is 4.79 Å². The van der Waals surface area contributed by atoms with Crippen LogP contribution in [-0.4, -0.2) is 85.4 Å². The molecular formula is C40H46Cl2N4O4. The van der Waals surface area contributed by atoms with E-state index in [1.165, 1.54) is 0 Å². The Bertz CT molecular complexity index is 1890. The first kappa shape index (κ1) is 36.1. The van der Waals surface area contributed by atoms with Crippen LogP contribution in [0.2, 0.25) is 10.0 Å². The first-order valence-corrected chi connectivity index (χ1v) is 18.4. The highest BCUT2D eigenvalue weighted by atomic mass is 35.5. The maximum absolute atomic E-state index is 14.4. The van der Waals surface area contributed by atoms with Gasteiger partial charge in [-0.15, -0.1) is 0 Å². The summed E-state index contributed by atoms with van der Waals surface area (Å²) in [5, 5.41) is 4.74. The van der Waals surface area contributed by atoms with Gasteiger partial charge in [0.2, 0.25) is 11.3 Å². The third-order valence-electron chi connectivity index (χ3n) is 10.6. The molecule has 2 aliphatic rings. The van der Waals surface area contributed by atoms with Crippen LogP contribution in [0.15, 0.2) is 82.0 Å². The highest BCUT2D eigenvalue weighted by molar-refractivity contribution is 6.42. The number of rotatable bonds is 10. The molecule has 50 heavy (non-hydrogen) atoms. The van der Waals surface area contributed by atoms with Crippen molar-refractivity contribution in [2.75, 3.05) is 47.3 Å². The minimum absolute atomic E-state index is 0.0128. The number of hydrogen-bond donors (Lipinski definition) is 1. The normalized spacial score (nSPS) is 18.5. The summed E-state index contributed by atoms with van der Waals surface area (Å²) in [5.41, 5.74) is 1.19. The van der Waals surface area contributed by atoms with Crippen molar-refractivity contribution >= 4 is 46.0 Å². The van der Waals surface area contributed by atoms with Crippen LogP contribution >= 0.6 is 23.2 Å². The number of carbonyl (C=O) groups excluding carboxylic acids is 2. The first-order chi connectivity index (χ1) is 24.1. The van der Waals surface area contributed by atoms with Gasteiger partial charge in [-0.05, 0) is 88.0 Å². The van der Waals surface area contributed by atoms with E-state index in [1.807, 2.05) is 62.6 Å². The maximum atomic E-state index is 14.4. The van der Waals surface area contributed by atoms with Crippen molar-refractivity contribution in [3.8, 4) is 11.3 Å². The van der Waals surface area contributed by atoms with E-state index in [4.69, 9.17) is 27.6 Å². The van der Waals surface area contributed by atoms with Gasteiger partial charge in [-0.1, -0.05) is 78.2 Å². The van der Waals surface area contributed by atoms with Gasteiger partial charge in [0.1, 0.15) is 16.7 Å². The lowest BCUT2D eigenvalue weighted by atomic mass is 9.80. The number of piperidine rings is 2. The van der Waals surface area contributed by atoms with Crippen molar-refractivity contribution in [2.24, 2.45) is 0 Å². The molecule has 2 amide bonds. The fourth-order valence-electron chi connectivity index (χ4n) is 8.00. The molecule has 3 heterocycles. The number of para-hydroxylation sites is 1. The van der Waals surface area contributed by atoms with Crippen LogP contribution in [0.4, 0.5) is 0 Å². The van der Waals surface area contributed by atoms with Crippen molar-refractivity contribution in [3.63, 3.8) is 0 Å². The van der Waals surface area contributed by atoms with E-state index in [2.05, 4.69) is 10.2 Å². The van der Waals surface area contributed by atoms with Crippen molar-refractivity contribution in [3.05, 3.63) is 104 Å². The molecule has 0 radical (unpaired) electrons. The quantitative estimate of drug-likeness (QED) is 0.183. The molecule has 2 aliphatic heterocycles. The van der Waals surface area contributed by atoms with Gasteiger partial charge in [0.25, 0.3) is 5.91 Å². The molecule has 10 heteroatoms. The van der Waals surface area contributed by atoms with Crippen LogP contribution in [0, 0.1) is 0 Å². The average molecular weight is 718 g/mol. The largest absolute Gasteiger partial charge is 0.455 e. The van der Waals surface area contributed by atoms with Gasteiger partial charge in [-0.25, -0.2) is 0 Å². The summed E-state index contributed by atoms with van der Waals surface area (Å²) in [6, 6.07) is 22.2. The molecular weight excluding hydrogens is 671 g/mol. The number of likely N-dealkylation sites (N-methyl/N-ethyl adjacent to an activating group) is 2. The second kappa shape index (κ2) is 15.7. The standard InChI is InChI=1S/C40H46Cl2N4O4/c1-44(2)39(49)40(20-22-43-23-21-40)46-24-10-9-13-30(46)18-16-29(28-17-19-32(41)33(42)25-28)26-45(3)38(48)35-36(47)31-14-7-8-15-34(31)50-37(35)27-11-5-4-6-12-27/h4-8,11-12,14-15,17,19,25,29-30,43H,9-10,13,16,18,20-24,26H2,1-3H3. The number of fused-ring (bicyclic) bond motifs is 1. The summed E-state index contributed by atoms with van der Waals surface area (Å²) in [7, 11) is 5.46. The van der Waals surface area contributed by atoms with E-state index in [0.29, 0.717) is 33.1 Å². The number of carbonyl (C=O) groups is 2. The first-order valence-electron chi connectivity index (χ1n) is 17.6. The van der Waals surface area contributed by atoms with Gasteiger partial charge in [0, 0.05) is 45.2 Å². The molecule has 8 nitrogen and oxygen atoms in total. The number of hydrogen-bond acceptors (Lipinski definition) is 6. The SMILES string of the molecule is CN(C)C(=O)C1(N2CCCCC2CCC(CN(C)C(=O)c2c(-c3ccccc3)oc3ccccc3c2=O)c2ccc(Cl)c(Cl)c2)CCNCC1. The monoisotopic (exact) mass is 716 g/mol. The zero-order valence-electron chi connectivity index (χ0n) is 29.1. The molecule has 1 N–H and O–H groups in total. The Morgan fingerprint density at radius 2 is 1.68 bits per heavy atom. The molecule has 3 aromatic carbocycles. The molecule has 2 fully saturated rings. The Morgan fingerprint density at radius 3 is 2.40 bits per heavy atom. The highest BCUT2D eigenvalue weighted by Crippen LogP contribution is 2.38. The molecule has 264 valence electrons. The predicted octanol–water partition coefficient (Wildman–Crippen LogP) is 7.47. The average Bonchev–Trinajstić information content (AvgIpc) is 3.14. The highest BCUT2D eigenvalue weighted by Gasteiger charge is 2.48. The molecule has 0 saturated carbocycles. The van der Waals surface area contributed by atoms with Gasteiger partial charge in [0.05, 0.1) is 15.4 Å². The summed E-state index contributed by atoms with van der Waals surface area (Å²) in [6.07, 6.45) is 6.35. The summed E-state index contributed by atoms with van der Waals surface area (Å²) >= 11 is 12.9. The van der Waals surface area contributed by atoms with Gasteiger partial charge in [0.15, 0.2) is 5.76 Å². The lowest BCUT2D eigenvalue weighted by Crippen LogP contribution is -2.66. The predicted molar refractivity (Wildman–Crippen MR) is 201 cm³/mol. The zero-order valence-corrected chi connectivity index (χ0v) is 30.6. The topological polar surface area (TPSA) is 86.1 Å². The van der Waals surface area contributed by atoms with Crippen molar-refractivity contribution in [1.82, 2.24) is 20.0 Å². The summed E-state index contributed by atoms with van der Waals surface area (Å²) in [5.74, 6) is -0.0738. The van der Waals surface area contributed by atoms with Gasteiger partial charge in [-0.3, -0.25) is 19.3 Å². The fraction of sp³-hybridized carbons (Fsp3) is 0.425.